The molecule has 1 aliphatic rings. The highest BCUT2D eigenvalue weighted by Crippen LogP contribution is 2.41. The van der Waals surface area contributed by atoms with E-state index in [1.807, 2.05) is 36.4 Å². The minimum Gasteiger partial charge on any atom is -0.497 e. The van der Waals surface area contributed by atoms with Crippen molar-refractivity contribution in [2.45, 2.75) is 25.9 Å². The lowest BCUT2D eigenvalue weighted by Crippen LogP contribution is -2.32. The Morgan fingerprint density at radius 2 is 2.00 bits per heavy atom. The van der Waals surface area contributed by atoms with E-state index in [1.54, 1.807) is 13.3 Å². The zero-order valence-electron chi connectivity index (χ0n) is 17.4. The van der Waals surface area contributed by atoms with Crippen molar-refractivity contribution in [1.29, 1.82) is 0 Å². The summed E-state index contributed by atoms with van der Waals surface area (Å²) < 4.78 is 7.64. The molecule has 2 atom stereocenters. The highest BCUT2D eigenvalue weighted by molar-refractivity contribution is 7.80. The standard InChI is InChI=1S/C23H26N4O2S/c1-15-13-19(16(2)27(15)17-7-6-8-18(14-17)29-3)22-21(20-9-4-5-10-24-20)25-23(30)26(22)11-12-28/h4-10,13-14,21-22,28H,11-12H2,1-3H3,(H,25,30)/t21-,22-/m1/s1. The van der Waals surface area contributed by atoms with Crippen LogP contribution < -0.4 is 10.1 Å². The normalized spacial score (nSPS) is 18.5. The van der Waals surface area contributed by atoms with E-state index >= 15 is 0 Å². The monoisotopic (exact) mass is 422 g/mol. The SMILES string of the molecule is COc1cccc(-n2c(C)cc([C@@H]3[C@@H](c4ccccn4)NC(=S)N3CCO)c2C)c1. The van der Waals surface area contributed by atoms with Gasteiger partial charge in [-0.15, -0.1) is 0 Å². The van der Waals surface area contributed by atoms with Gasteiger partial charge in [0.15, 0.2) is 5.11 Å². The van der Waals surface area contributed by atoms with Crippen molar-refractivity contribution in [1.82, 2.24) is 19.8 Å². The molecule has 3 aromatic rings. The van der Waals surface area contributed by atoms with Crippen molar-refractivity contribution in [3.8, 4) is 11.4 Å². The number of nitrogens with one attached hydrogen (secondary N) is 1. The number of β-amino-alcohol motifs (C(OH)–C–C–N with tert-alkyl or cyclic N) is 1. The first kappa shape index (κ1) is 20.4. The molecule has 0 aliphatic carbocycles. The molecule has 0 bridgehead atoms. The van der Waals surface area contributed by atoms with Crippen molar-refractivity contribution in [2.75, 3.05) is 20.3 Å². The first-order valence-corrected chi connectivity index (χ1v) is 10.4. The number of methoxy groups -OCH3 is 1. The van der Waals surface area contributed by atoms with Gasteiger partial charge in [-0.3, -0.25) is 4.98 Å². The maximum absolute atomic E-state index is 9.67. The van der Waals surface area contributed by atoms with Crippen LogP contribution in [-0.2, 0) is 0 Å². The fraction of sp³-hybridized carbons (Fsp3) is 0.304. The Labute approximate surface area is 182 Å². The van der Waals surface area contributed by atoms with Gasteiger partial charge in [0.2, 0.25) is 0 Å². The molecule has 0 spiro atoms. The van der Waals surface area contributed by atoms with Crippen LogP contribution in [0.4, 0.5) is 0 Å². The van der Waals surface area contributed by atoms with Gasteiger partial charge in [0.25, 0.3) is 0 Å². The second kappa shape index (κ2) is 8.45. The fourth-order valence-corrected chi connectivity index (χ4v) is 4.66. The first-order valence-electron chi connectivity index (χ1n) is 9.97. The smallest absolute Gasteiger partial charge is 0.170 e. The van der Waals surface area contributed by atoms with E-state index in [-0.39, 0.29) is 18.7 Å². The van der Waals surface area contributed by atoms with E-state index < -0.39 is 0 Å². The number of aryl methyl sites for hydroxylation is 1. The van der Waals surface area contributed by atoms with Gasteiger partial charge in [-0.2, -0.15) is 0 Å². The van der Waals surface area contributed by atoms with E-state index in [9.17, 15) is 5.11 Å². The maximum atomic E-state index is 9.67. The van der Waals surface area contributed by atoms with E-state index in [0.717, 1.165) is 34.1 Å². The average Bonchev–Trinajstić information content (AvgIpc) is 3.24. The minimum atomic E-state index is -0.0930. The van der Waals surface area contributed by atoms with Crippen molar-refractivity contribution < 1.29 is 9.84 Å². The van der Waals surface area contributed by atoms with Crippen molar-refractivity contribution in [3.63, 3.8) is 0 Å². The number of hydrogen-bond acceptors (Lipinski definition) is 4. The molecule has 30 heavy (non-hydrogen) atoms. The molecule has 0 saturated carbocycles. The van der Waals surface area contributed by atoms with Gasteiger partial charge < -0.3 is 24.6 Å². The Morgan fingerprint density at radius 1 is 1.17 bits per heavy atom. The summed E-state index contributed by atoms with van der Waals surface area (Å²) in [5.41, 5.74) is 5.38. The van der Waals surface area contributed by atoms with E-state index in [2.05, 4.69) is 45.7 Å². The Hall–Kier alpha value is -2.90. The topological polar surface area (TPSA) is 62.5 Å². The second-order valence-electron chi connectivity index (χ2n) is 7.41. The maximum Gasteiger partial charge on any atom is 0.170 e. The van der Waals surface area contributed by atoms with Gasteiger partial charge in [-0.25, -0.2) is 0 Å². The zero-order chi connectivity index (χ0) is 21.3. The molecule has 3 heterocycles. The summed E-state index contributed by atoms with van der Waals surface area (Å²) in [4.78, 5) is 6.63. The van der Waals surface area contributed by atoms with Crippen LogP contribution in [0.15, 0.2) is 54.7 Å². The average molecular weight is 423 g/mol. The van der Waals surface area contributed by atoms with Gasteiger partial charge >= 0.3 is 0 Å². The fourth-order valence-electron chi connectivity index (χ4n) is 4.33. The lowest BCUT2D eigenvalue weighted by atomic mass is 9.97. The van der Waals surface area contributed by atoms with Crippen LogP contribution in [0.3, 0.4) is 0 Å². The molecular formula is C23H26N4O2S. The van der Waals surface area contributed by atoms with Crippen molar-refractivity contribution in [3.05, 3.63) is 77.4 Å². The molecule has 6 nitrogen and oxygen atoms in total. The minimum absolute atomic E-state index is 0.0296. The number of hydrogen-bond donors (Lipinski definition) is 2. The highest BCUT2D eigenvalue weighted by Gasteiger charge is 2.41. The number of aliphatic hydroxyl groups is 1. The molecular weight excluding hydrogens is 396 g/mol. The first-order chi connectivity index (χ1) is 14.5. The molecule has 0 unspecified atom stereocenters. The van der Waals surface area contributed by atoms with Crippen LogP contribution >= 0.6 is 12.2 Å². The summed E-state index contributed by atoms with van der Waals surface area (Å²) in [5, 5.41) is 13.7. The largest absolute Gasteiger partial charge is 0.497 e. The lowest BCUT2D eigenvalue weighted by molar-refractivity contribution is 0.223. The van der Waals surface area contributed by atoms with Crippen LogP contribution in [0.2, 0.25) is 0 Å². The van der Waals surface area contributed by atoms with Crippen LogP contribution in [0, 0.1) is 13.8 Å². The zero-order valence-corrected chi connectivity index (χ0v) is 18.2. The number of aliphatic hydroxyl groups excluding tert-OH is 1. The summed E-state index contributed by atoms with van der Waals surface area (Å²) in [7, 11) is 1.68. The third kappa shape index (κ3) is 3.55. The van der Waals surface area contributed by atoms with Crippen LogP contribution in [0.1, 0.15) is 34.7 Å². The number of ether oxygens (including phenoxy) is 1. The molecule has 4 rings (SSSR count). The summed E-state index contributed by atoms with van der Waals surface area (Å²) in [5.74, 6) is 0.818. The van der Waals surface area contributed by atoms with Crippen LogP contribution in [0.25, 0.3) is 5.69 Å². The number of rotatable bonds is 6. The predicted octanol–water partition coefficient (Wildman–Crippen LogP) is 3.46. The molecule has 1 saturated heterocycles. The Morgan fingerprint density at radius 3 is 2.70 bits per heavy atom. The quantitative estimate of drug-likeness (QED) is 0.593. The van der Waals surface area contributed by atoms with Crippen LogP contribution in [0.5, 0.6) is 5.75 Å². The van der Waals surface area contributed by atoms with E-state index in [1.165, 1.54) is 0 Å². The molecule has 1 fully saturated rings. The van der Waals surface area contributed by atoms with Gasteiger partial charge in [-0.05, 0) is 62.0 Å². The molecule has 1 aliphatic heterocycles. The van der Waals surface area contributed by atoms with Crippen LogP contribution in [-0.4, -0.2) is 44.9 Å². The van der Waals surface area contributed by atoms with Gasteiger partial charge in [-0.1, -0.05) is 12.1 Å². The Kier molecular flexibility index (Phi) is 5.74. The Balaban J connectivity index is 1.83. The van der Waals surface area contributed by atoms with Gasteiger partial charge in [0.05, 0.1) is 31.5 Å². The number of aromatic nitrogens is 2. The second-order valence-corrected chi connectivity index (χ2v) is 7.79. The molecule has 2 aromatic heterocycles. The third-order valence-corrected chi connectivity index (χ3v) is 5.99. The summed E-state index contributed by atoms with van der Waals surface area (Å²) in [6, 6.07) is 16.0. The number of benzene rings is 1. The Bertz CT molecular complexity index is 1050. The molecule has 0 amide bonds. The number of nitrogens with zero attached hydrogens (tertiary/aromatic N) is 3. The molecule has 7 heteroatoms. The molecule has 156 valence electrons. The molecule has 0 radical (unpaired) electrons. The van der Waals surface area contributed by atoms with Gasteiger partial charge in [0.1, 0.15) is 5.75 Å². The highest BCUT2D eigenvalue weighted by atomic mass is 32.1. The predicted molar refractivity (Wildman–Crippen MR) is 121 cm³/mol. The summed E-state index contributed by atoms with van der Waals surface area (Å²) in [6.07, 6.45) is 1.80. The number of pyridine rings is 1. The lowest BCUT2D eigenvalue weighted by Gasteiger charge is -2.27. The van der Waals surface area contributed by atoms with E-state index in [4.69, 9.17) is 17.0 Å². The molecule has 2 N–H and O–H groups in total. The summed E-state index contributed by atoms with van der Waals surface area (Å²) >= 11 is 5.62. The number of thiocarbonyl (C=S) groups is 1. The van der Waals surface area contributed by atoms with Crippen molar-refractivity contribution in [2.24, 2.45) is 0 Å². The summed E-state index contributed by atoms with van der Waals surface area (Å²) in [6.45, 7) is 4.71. The third-order valence-electron chi connectivity index (χ3n) is 5.64. The van der Waals surface area contributed by atoms with Crippen molar-refractivity contribution >= 4 is 17.3 Å². The van der Waals surface area contributed by atoms with Gasteiger partial charge in [0, 0.05) is 35.9 Å². The van der Waals surface area contributed by atoms with E-state index in [0.29, 0.717) is 11.7 Å². The molecule has 1 aromatic carbocycles.